The van der Waals surface area contributed by atoms with Crippen molar-refractivity contribution in [3.63, 3.8) is 0 Å². The largest absolute Gasteiger partial charge is 0.868 e. The number of carboxylic acids is 1. The van der Waals surface area contributed by atoms with Gasteiger partial charge in [-0.3, -0.25) is 14.9 Å². The summed E-state index contributed by atoms with van der Waals surface area (Å²) in [7, 11) is 0. The van der Waals surface area contributed by atoms with E-state index in [2.05, 4.69) is 0 Å². The summed E-state index contributed by atoms with van der Waals surface area (Å²) in [5, 5.41) is 33.5. The molecule has 1 aromatic rings. The second kappa shape index (κ2) is 4.92. The van der Waals surface area contributed by atoms with Crippen LogP contribution in [0.2, 0.25) is 0 Å². The van der Waals surface area contributed by atoms with Crippen LogP contribution in [0, 0.1) is 10.1 Å². The number of nitro benzene ring substituents is 1. The number of aliphatic carboxylic acids is 1. The Morgan fingerprint density at radius 2 is 2.00 bits per heavy atom. The molecule has 0 fully saturated rings. The predicted molar refractivity (Wildman–Crippen MR) is 49.9 cm³/mol. The zero-order chi connectivity index (χ0) is 13.0. The van der Waals surface area contributed by atoms with E-state index in [1.54, 1.807) is 0 Å². The van der Waals surface area contributed by atoms with Crippen LogP contribution in [0.4, 0.5) is 5.69 Å². The van der Waals surface area contributed by atoms with Gasteiger partial charge in [-0.2, -0.15) is 0 Å². The van der Waals surface area contributed by atoms with E-state index in [1.807, 2.05) is 5.32 Å². The number of hydrogen-bond acceptors (Lipinski definition) is 6. The highest BCUT2D eigenvalue weighted by Gasteiger charge is 2.12. The van der Waals surface area contributed by atoms with E-state index in [4.69, 9.17) is 0 Å². The second-order valence-corrected chi connectivity index (χ2v) is 2.99. The summed E-state index contributed by atoms with van der Waals surface area (Å²) in [6.45, 7) is -0.717. The maximum atomic E-state index is 11.3. The quantitative estimate of drug-likeness (QED) is 0.483. The minimum atomic E-state index is -1.49. The minimum Gasteiger partial charge on any atom is -0.868 e. The molecule has 0 saturated carbocycles. The maximum Gasteiger partial charge on any atom is 0.262 e. The SMILES string of the molecule is O=C([O-])CNC(=O)c1ccc([O-])c([N+](=O)[O-])c1. The summed E-state index contributed by atoms with van der Waals surface area (Å²) in [6.07, 6.45) is 0. The molecule has 0 aliphatic carbocycles. The maximum absolute atomic E-state index is 11.3. The molecule has 0 radical (unpaired) electrons. The van der Waals surface area contributed by atoms with Gasteiger partial charge in [-0.1, -0.05) is 6.07 Å². The topological polar surface area (TPSA) is 135 Å². The molecule has 0 bridgehead atoms. The average Bonchev–Trinajstić information content (AvgIpc) is 2.26. The Balaban J connectivity index is 2.92. The highest BCUT2D eigenvalue weighted by molar-refractivity contribution is 5.96. The van der Waals surface area contributed by atoms with Crippen molar-refractivity contribution in [3.8, 4) is 5.75 Å². The van der Waals surface area contributed by atoms with Crippen molar-refractivity contribution in [2.24, 2.45) is 0 Å². The number of nitro groups is 1. The molecule has 17 heavy (non-hydrogen) atoms. The van der Waals surface area contributed by atoms with Crippen LogP contribution in [0.15, 0.2) is 18.2 Å². The third kappa shape index (κ3) is 3.16. The lowest BCUT2D eigenvalue weighted by molar-refractivity contribution is -0.398. The first-order valence-corrected chi connectivity index (χ1v) is 4.35. The van der Waals surface area contributed by atoms with Gasteiger partial charge in [-0.15, -0.1) is 0 Å². The molecule has 0 heterocycles. The van der Waals surface area contributed by atoms with Gasteiger partial charge in [-0.25, -0.2) is 0 Å². The van der Waals surface area contributed by atoms with Crippen LogP contribution in [-0.4, -0.2) is 23.3 Å². The molecule has 1 N–H and O–H groups in total. The molecule has 0 aliphatic rings. The third-order valence-corrected chi connectivity index (χ3v) is 1.81. The van der Waals surface area contributed by atoms with E-state index < -0.39 is 34.8 Å². The van der Waals surface area contributed by atoms with Crippen LogP contribution in [-0.2, 0) is 4.79 Å². The number of carbonyl (C=O) groups excluding carboxylic acids is 2. The molecule has 0 atom stereocenters. The standard InChI is InChI=1S/C9H8N2O6/c12-7-2-1-5(3-6(7)11(16)17)9(15)10-4-8(13)14/h1-3,12H,4H2,(H,10,15)(H,13,14)/p-2. The number of rotatable bonds is 4. The van der Waals surface area contributed by atoms with Crippen LogP contribution < -0.4 is 15.5 Å². The van der Waals surface area contributed by atoms with Crippen LogP contribution in [0.1, 0.15) is 10.4 Å². The number of amides is 1. The second-order valence-electron chi connectivity index (χ2n) is 2.99. The first-order chi connectivity index (χ1) is 7.91. The molecule has 8 nitrogen and oxygen atoms in total. The highest BCUT2D eigenvalue weighted by Crippen LogP contribution is 2.23. The van der Waals surface area contributed by atoms with Gasteiger partial charge < -0.3 is 20.3 Å². The monoisotopic (exact) mass is 238 g/mol. The summed E-state index contributed by atoms with van der Waals surface area (Å²) in [4.78, 5) is 30.9. The van der Waals surface area contributed by atoms with Gasteiger partial charge in [0.25, 0.3) is 11.6 Å². The molecule has 0 unspecified atom stereocenters. The first-order valence-electron chi connectivity index (χ1n) is 4.35. The van der Waals surface area contributed by atoms with Crippen molar-refractivity contribution in [2.75, 3.05) is 6.54 Å². The fraction of sp³-hybridized carbons (Fsp3) is 0.111. The summed E-state index contributed by atoms with van der Waals surface area (Å²) < 4.78 is 0. The van der Waals surface area contributed by atoms with Gasteiger partial charge >= 0.3 is 0 Å². The average molecular weight is 238 g/mol. The Labute approximate surface area is 94.6 Å². The van der Waals surface area contributed by atoms with Crippen molar-refractivity contribution in [1.29, 1.82) is 0 Å². The summed E-state index contributed by atoms with van der Waals surface area (Å²) in [5.74, 6) is -3.16. The normalized spacial score (nSPS) is 9.65. The van der Waals surface area contributed by atoms with Crippen molar-refractivity contribution in [2.45, 2.75) is 0 Å². The number of benzene rings is 1. The highest BCUT2D eigenvalue weighted by atomic mass is 16.6. The number of hydrogen-bond donors (Lipinski definition) is 1. The van der Waals surface area contributed by atoms with E-state index in [1.165, 1.54) is 0 Å². The van der Waals surface area contributed by atoms with E-state index >= 15 is 0 Å². The minimum absolute atomic E-state index is 0.169. The van der Waals surface area contributed by atoms with Crippen molar-refractivity contribution in [3.05, 3.63) is 33.9 Å². The van der Waals surface area contributed by atoms with Crippen LogP contribution in [0.25, 0.3) is 0 Å². The van der Waals surface area contributed by atoms with E-state index in [0.29, 0.717) is 0 Å². The zero-order valence-corrected chi connectivity index (χ0v) is 8.34. The first kappa shape index (κ1) is 12.4. The molecule has 8 heteroatoms. The van der Waals surface area contributed by atoms with Gasteiger partial charge in [0.1, 0.15) is 0 Å². The lowest BCUT2D eigenvalue weighted by atomic mass is 10.2. The molecule has 0 aromatic heterocycles. The fourth-order valence-electron chi connectivity index (χ4n) is 1.06. The lowest BCUT2D eigenvalue weighted by Crippen LogP contribution is -2.37. The molecule has 90 valence electrons. The van der Waals surface area contributed by atoms with Crippen molar-refractivity contribution in [1.82, 2.24) is 5.32 Å². The molecule has 0 aliphatic heterocycles. The summed E-state index contributed by atoms with van der Waals surface area (Å²) in [6, 6.07) is 2.72. The van der Waals surface area contributed by atoms with Gasteiger partial charge in [0.15, 0.2) is 0 Å². The van der Waals surface area contributed by atoms with Crippen molar-refractivity contribution < 1.29 is 24.7 Å². The summed E-state index contributed by atoms with van der Waals surface area (Å²) >= 11 is 0. The Bertz CT molecular complexity index is 484. The molecule has 0 saturated heterocycles. The molecule has 1 rings (SSSR count). The number of nitrogens with zero attached hydrogens (tertiary/aromatic N) is 1. The Kier molecular flexibility index (Phi) is 3.60. The fourth-order valence-corrected chi connectivity index (χ4v) is 1.06. The Morgan fingerprint density at radius 3 is 2.53 bits per heavy atom. The molecular weight excluding hydrogens is 232 g/mol. The zero-order valence-electron chi connectivity index (χ0n) is 8.34. The van der Waals surface area contributed by atoms with Crippen LogP contribution in [0.5, 0.6) is 5.75 Å². The number of nitrogens with one attached hydrogen (secondary N) is 1. The van der Waals surface area contributed by atoms with Crippen LogP contribution >= 0.6 is 0 Å². The van der Waals surface area contributed by atoms with E-state index in [0.717, 1.165) is 18.2 Å². The lowest BCUT2D eigenvalue weighted by Gasteiger charge is -2.09. The predicted octanol–water partition coefficient (Wildman–Crippen LogP) is -1.85. The number of carboxylic acid groups (broad SMARTS) is 1. The van der Waals surface area contributed by atoms with Crippen LogP contribution in [0.3, 0.4) is 0 Å². The number of carbonyl (C=O) groups is 2. The third-order valence-electron chi connectivity index (χ3n) is 1.81. The summed E-state index contributed by atoms with van der Waals surface area (Å²) in [5.41, 5.74) is -0.913. The van der Waals surface area contributed by atoms with E-state index in [9.17, 15) is 29.9 Å². The smallest absolute Gasteiger partial charge is 0.262 e. The molecule has 1 amide bonds. The van der Waals surface area contributed by atoms with E-state index in [-0.39, 0.29) is 5.56 Å². The Hall–Kier alpha value is -2.64. The van der Waals surface area contributed by atoms with Gasteiger partial charge in [-0.05, 0) is 11.8 Å². The Morgan fingerprint density at radius 1 is 1.35 bits per heavy atom. The molecule has 0 spiro atoms. The molecular formula is C9H6N2O6-2. The van der Waals surface area contributed by atoms with Crippen molar-refractivity contribution >= 4 is 17.6 Å². The van der Waals surface area contributed by atoms with Gasteiger partial charge in [0.05, 0.1) is 17.4 Å². The van der Waals surface area contributed by atoms with Gasteiger partial charge in [0.2, 0.25) is 0 Å². The van der Waals surface area contributed by atoms with Gasteiger partial charge in [0, 0.05) is 11.6 Å². The molecule has 1 aromatic carbocycles.